The standard InChI is InChI=1S/C20H20F3N5O2/c1-12-16(19(30)26-13(2)25-12)7-8-18(29)27-17-9-10-24-28(17)11-14-3-5-15(6-4-14)20(21,22)23/h3-6,9-10H,7-8,11H2,1-2H3,(H,27,29)(H,25,26,30). The average Bonchev–Trinajstić information content (AvgIpc) is 3.07. The van der Waals surface area contributed by atoms with Crippen LogP contribution in [-0.2, 0) is 23.9 Å². The largest absolute Gasteiger partial charge is 0.416 e. The van der Waals surface area contributed by atoms with E-state index >= 15 is 0 Å². The monoisotopic (exact) mass is 419 g/mol. The molecule has 0 bridgehead atoms. The number of aromatic amines is 1. The van der Waals surface area contributed by atoms with E-state index < -0.39 is 11.7 Å². The highest BCUT2D eigenvalue weighted by atomic mass is 19.4. The van der Waals surface area contributed by atoms with E-state index in [1.807, 2.05) is 0 Å². The number of benzene rings is 1. The fourth-order valence-corrected chi connectivity index (χ4v) is 3.03. The Morgan fingerprint density at radius 1 is 1.17 bits per heavy atom. The van der Waals surface area contributed by atoms with E-state index in [1.165, 1.54) is 23.0 Å². The van der Waals surface area contributed by atoms with Crippen molar-refractivity contribution >= 4 is 11.7 Å². The van der Waals surface area contributed by atoms with Crippen LogP contribution in [0.25, 0.3) is 0 Å². The lowest BCUT2D eigenvalue weighted by Gasteiger charge is -2.11. The van der Waals surface area contributed by atoms with Crippen molar-refractivity contribution in [1.82, 2.24) is 19.7 Å². The zero-order chi connectivity index (χ0) is 21.9. The van der Waals surface area contributed by atoms with Crippen molar-refractivity contribution in [2.45, 2.75) is 39.4 Å². The van der Waals surface area contributed by atoms with Crippen molar-refractivity contribution in [3.05, 3.63) is 75.1 Å². The van der Waals surface area contributed by atoms with E-state index in [4.69, 9.17) is 0 Å². The van der Waals surface area contributed by atoms with Gasteiger partial charge in [-0.25, -0.2) is 9.67 Å². The third kappa shape index (κ3) is 5.13. The number of amides is 1. The lowest BCUT2D eigenvalue weighted by molar-refractivity contribution is -0.137. The normalized spacial score (nSPS) is 11.5. The summed E-state index contributed by atoms with van der Waals surface area (Å²) < 4.78 is 39.5. The third-order valence-corrected chi connectivity index (χ3v) is 4.54. The van der Waals surface area contributed by atoms with Crippen LogP contribution in [0, 0.1) is 13.8 Å². The summed E-state index contributed by atoms with van der Waals surface area (Å²) >= 11 is 0. The highest BCUT2D eigenvalue weighted by Crippen LogP contribution is 2.29. The summed E-state index contributed by atoms with van der Waals surface area (Å²) in [5.41, 5.74) is 0.650. The van der Waals surface area contributed by atoms with Gasteiger partial charge in [0, 0.05) is 23.7 Å². The molecule has 158 valence electrons. The van der Waals surface area contributed by atoms with E-state index in [0.717, 1.165) is 12.1 Å². The van der Waals surface area contributed by atoms with Gasteiger partial charge in [0.25, 0.3) is 5.56 Å². The van der Waals surface area contributed by atoms with Crippen LogP contribution in [-0.4, -0.2) is 25.7 Å². The van der Waals surface area contributed by atoms with Crippen molar-refractivity contribution in [2.24, 2.45) is 0 Å². The number of alkyl halides is 3. The SMILES string of the molecule is Cc1nc(C)c(CCC(=O)Nc2ccnn2Cc2ccc(C(F)(F)F)cc2)c(=O)[nH]1. The number of rotatable bonds is 6. The van der Waals surface area contributed by atoms with Crippen LogP contribution in [0.15, 0.2) is 41.3 Å². The molecule has 0 atom stereocenters. The Kier molecular flexibility index (Phi) is 6.04. The Balaban J connectivity index is 1.63. The van der Waals surface area contributed by atoms with Crippen molar-refractivity contribution in [3.63, 3.8) is 0 Å². The van der Waals surface area contributed by atoms with Crippen molar-refractivity contribution in [3.8, 4) is 0 Å². The van der Waals surface area contributed by atoms with Gasteiger partial charge in [-0.2, -0.15) is 18.3 Å². The predicted molar refractivity (Wildman–Crippen MR) is 104 cm³/mol. The molecule has 7 nitrogen and oxygen atoms in total. The van der Waals surface area contributed by atoms with Crippen molar-refractivity contribution < 1.29 is 18.0 Å². The van der Waals surface area contributed by atoms with Crippen LogP contribution in [0.4, 0.5) is 19.0 Å². The second kappa shape index (κ2) is 8.52. The number of anilines is 1. The second-order valence-corrected chi connectivity index (χ2v) is 6.83. The van der Waals surface area contributed by atoms with E-state index in [0.29, 0.717) is 28.5 Å². The van der Waals surface area contributed by atoms with E-state index in [-0.39, 0.29) is 30.9 Å². The zero-order valence-corrected chi connectivity index (χ0v) is 16.4. The van der Waals surface area contributed by atoms with E-state index in [9.17, 15) is 22.8 Å². The number of hydrogen-bond acceptors (Lipinski definition) is 4. The smallest absolute Gasteiger partial charge is 0.311 e. The first-order chi connectivity index (χ1) is 14.1. The molecule has 0 radical (unpaired) electrons. The molecule has 1 amide bonds. The van der Waals surface area contributed by atoms with Crippen molar-refractivity contribution in [2.75, 3.05) is 5.32 Å². The number of hydrogen-bond donors (Lipinski definition) is 2. The van der Waals surface area contributed by atoms with Crippen LogP contribution in [0.1, 0.15) is 34.6 Å². The topological polar surface area (TPSA) is 92.7 Å². The van der Waals surface area contributed by atoms with E-state index in [2.05, 4.69) is 20.4 Å². The first kappa shape index (κ1) is 21.3. The molecule has 2 aromatic heterocycles. The summed E-state index contributed by atoms with van der Waals surface area (Å²) in [6, 6.07) is 6.34. The summed E-state index contributed by atoms with van der Waals surface area (Å²) in [4.78, 5) is 31.2. The molecule has 30 heavy (non-hydrogen) atoms. The van der Waals surface area contributed by atoms with Crippen LogP contribution >= 0.6 is 0 Å². The van der Waals surface area contributed by atoms with Gasteiger partial charge < -0.3 is 10.3 Å². The summed E-state index contributed by atoms with van der Waals surface area (Å²) in [5.74, 6) is 0.606. The first-order valence-electron chi connectivity index (χ1n) is 9.17. The highest BCUT2D eigenvalue weighted by Gasteiger charge is 2.29. The van der Waals surface area contributed by atoms with Gasteiger partial charge in [-0.3, -0.25) is 9.59 Å². The molecule has 0 aliphatic heterocycles. The number of carbonyl (C=O) groups is 1. The highest BCUT2D eigenvalue weighted by molar-refractivity contribution is 5.89. The quantitative estimate of drug-likeness (QED) is 0.642. The van der Waals surface area contributed by atoms with Gasteiger partial charge in [-0.15, -0.1) is 0 Å². The lowest BCUT2D eigenvalue weighted by atomic mass is 10.1. The van der Waals surface area contributed by atoms with Crippen LogP contribution in [0.5, 0.6) is 0 Å². The van der Waals surface area contributed by atoms with Gasteiger partial charge in [0.05, 0.1) is 18.3 Å². The lowest BCUT2D eigenvalue weighted by Crippen LogP contribution is -2.21. The molecule has 3 rings (SSSR count). The molecular weight excluding hydrogens is 399 g/mol. The maximum Gasteiger partial charge on any atom is 0.416 e. The molecule has 1 aromatic carbocycles. The molecule has 0 unspecified atom stereocenters. The Bertz CT molecular complexity index is 1100. The molecule has 0 aliphatic carbocycles. The Morgan fingerprint density at radius 2 is 1.87 bits per heavy atom. The minimum Gasteiger partial charge on any atom is -0.311 e. The summed E-state index contributed by atoms with van der Waals surface area (Å²) in [6.45, 7) is 3.60. The van der Waals surface area contributed by atoms with Gasteiger partial charge in [0.2, 0.25) is 5.91 Å². The summed E-state index contributed by atoms with van der Waals surface area (Å²) in [7, 11) is 0. The van der Waals surface area contributed by atoms with Gasteiger partial charge in [-0.1, -0.05) is 12.1 Å². The molecule has 2 N–H and O–H groups in total. The predicted octanol–water partition coefficient (Wildman–Crippen LogP) is 3.22. The van der Waals surface area contributed by atoms with E-state index in [1.54, 1.807) is 19.9 Å². The molecular formula is C20H20F3N5O2. The Labute approximate surface area is 170 Å². The van der Waals surface area contributed by atoms with Gasteiger partial charge >= 0.3 is 6.18 Å². The van der Waals surface area contributed by atoms with Crippen LogP contribution in [0.3, 0.4) is 0 Å². The van der Waals surface area contributed by atoms with Crippen LogP contribution in [0.2, 0.25) is 0 Å². The fourth-order valence-electron chi connectivity index (χ4n) is 3.03. The molecule has 0 saturated carbocycles. The zero-order valence-electron chi connectivity index (χ0n) is 16.4. The first-order valence-corrected chi connectivity index (χ1v) is 9.17. The molecule has 3 aromatic rings. The number of aromatic nitrogens is 4. The van der Waals surface area contributed by atoms with Gasteiger partial charge in [0.15, 0.2) is 0 Å². The third-order valence-electron chi connectivity index (χ3n) is 4.54. The second-order valence-electron chi connectivity index (χ2n) is 6.83. The molecule has 0 aliphatic rings. The number of nitrogens with one attached hydrogen (secondary N) is 2. The Morgan fingerprint density at radius 3 is 2.50 bits per heavy atom. The summed E-state index contributed by atoms with van der Waals surface area (Å²) in [5, 5.41) is 6.82. The minimum atomic E-state index is -4.39. The number of nitrogens with zero attached hydrogens (tertiary/aromatic N) is 3. The fraction of sp³-hybridized carbons (Fsp3) is 0.300. The molecule has 0 fully saturated rings. The van der Waals surface area contributed by atoms with Gasteiger partial charge in [-0.05, 0) is 38.0 Å². The molecule has 2 heterocycles. The van der Waals surface area contributed by atoms with Crippen molar-refractivity contribution in [1.29, 1.82) is 0 Å². The number of aryl methyl sites for hydroxylation is 2. The molecule has 10 heteroatoms. The van der Waals surface area contributed by atoms with Crippen LogP contribution < -0.4 is 10.9 Å². The maximum atomic E-state index is 12.7. The maximum absolute atomic E-state index is 12.7. The minimum absolute atomic E-state index is 0.0696. The Hall–Kier alpha value is -3.43. The molecule has 0 spiro atoms. The number of halogens is 3. The number of H-pyrrole nitrogens is 1. The summed E-state index contributed by atoms with van der Waals surface area (Å²) in [6.07, 6.45) is -2.61. The number of carbonyl (C=O) groups excluding carboxylic acids is 1. The molecule has 0 saturated heterocycles. The average molecular weight is 419 g/mol. The van der Waals surface area contributed by atoms with Gasteiger partial charge in [0.1, 0.15) is 11.6 Å².